The van der Waals surface area contributed by atoms with E-state index in [-0.39, 0.29) is 10.8 Å². The minimum atomic E-state index is -0.503. The summed E-state index contributed by atoms with van der Waals surface area (Å²) in [7, 11) is 0. The lowest BCUT2D eigenvalue weighted by atomic mass is 9.41. The van der Waals surface area contributed by atoms with Crippen LogP contribution in [0, 0.1) is 34.5 Å². The molecule has 0 aromatic heterocycles. The zero-order chi connectivity index (χ0) is 12.4. The van der Waals surface area contributed by atoms with Crippen LogP contribution in [0.2, 0.25) is 0 Å². The normalized spacial score (nSPS) is 48.4. The van der Waals surface area contributed by atoms with Crippen LogP contribution >= 0.6 is 0 Å². The van der Waals surface area contributed by atoms with Gasteiger partial charge in [0.25, 0.3) is 0 Å². The molecule has 17 heavy (non-hydrogen) atoms. The lowest BCUT2D eigenvalue weighted by Crippen LogP contribution is -2.59. The van der Waals surface area contributed by atoms with Crippen molar-refractivity contribution < 1.29 is 9.90 Å². The molecule has 0 aromatic carbocycles. The molecule has 2 heteroatoms. The number of hydrogen-bond donors (Lipinski definition) is 1. The molecule has 2 nitrogen and oxygen atoms in total. The Labute approximate surface area is 104 Å². The van der Waals surface area contributed by atoms with Crippen molar-refractivity contribution in [3.63, 3.8) is 0 Å². The van der Waals surface area contributed by atoms with Gasteiger partial charge < -0.3 is 5.11 Å². The summed E-state index contributed by atoms with van der Waals surface area (Å²) in [6.45, 7) is 6.72. The number of carboxylic acids is 1. The van der Waals surface area contributed by atoms with Crippen LogP contribution in [0.15, 0.2) is 0 Å². The molecule has 0 radical (unpaired) electrons. The summed E-state index contributed by atoms with van der Waals surface area (Å²) in [5.41, 5.74) is -0.247. The van der Waals surface area contributed by atoms with Crippen molar-refractivity contribution in [1.82, 2.24) is 0 Å². The highest BCUT2D eigenvalue weighted by Gasteiger charge is 2.63. The van der Waals surface area contributed by atoms with E-state index in [0.717, 1.165) is 12.8 Å². The van der Waals surface area contributed by atoms with E-state index in [1.165, 1.54) is 19.3 Å². The van der Waals surface area contributed by atoms with E-state index in [0.29, 0.717) is 23.7 Å². The molecule has 0 aliphatic heterocycles. The maximum Gasteiger partial charge on any atom is 0.309 e. The van der Waals surface area contributed by atoms with E-state index in [1.54, 1.807) is 0 Å². The highest BCUT2D eigenvalue weighted by Crippen LogP contribution is 2.66. The molecule has 3 unspecified atom stereocenters. The Bertz CT molecular complexity index is 338. The molecule has 1 N–H and O–H groups in total. The minimum Gasteiger partial charge on any atom is -0.481 e. The van der Waals surface area contributed by atoms with Crippen LogP contribution in [-0.2, 0) is 4.79 Å². The van der Waals surface area contributed by atoms with Gasteiger partial charge in [0.2, 0.25) is 0 Å². The smallest absolute Gasteiger partial charge is 0.309 e. The molecule has 4 saturated carbocycles. The zero-order valence-corrected chi connectivity index (χ0v) is 11.2. The first-order chi connectivity index (χ1) is 7.83. The summed E-state index contributed by atoms with van der Waals surface area (Å²) in [6.07, 6.45) is 5.82. The van der Waals surface area contributed by atoms with Gasteiger partial charge in [-0.2, -0.15) is 0 Å². The fraction of sp³-hybridized carbons (Fsp3) is 0.933. The van der Waals surface area contributed by atoms with Gasteiger partial charge in [0.05, 0.1) is 5.41 Å². The molecule has 4 aliphatic carbocycles. The number of carbonyl (C=O) groups is 1. The zero-order valence-electron chi connectivity index (χ0n) is 11.2. The predicted octanol–water partition coefficient (Wildman–Crippen LogP) is 3.56. The molecule has 3 atom stereocenters. The van der Waals surface area contributed by atoms with Crippen molar-refractivity contribution in [1.29, 1.82) is 0 Å². The van der Waals surface area contributed by atoms with Gasteiger partial charge >= 0.3 is 5.97 Å². The average Bonchev–Trinajstić information content (AvgIpc) is 2.12. The average molecular weight is 236 g/mol. The molecule has 0 spiro atoms. The van der Waals surface area contributed by atoms with Crippen LogP contribution < -0.4 is 0 Å². The van der Waals surface area contributed by atoms with Crippen LogP contribution in [-0.4, -0.2) is 11.1 Å². The summed E-state index contributed by atoms with van der Waals surface area (Å²) in [5, 5.41) is 9.81. The molecule has 4 aliphatic rings. The minimum absolute atomic E-state index is 0.135. The van der Waals surface area contributed by atoms with E-state index < -0.39 is 5.97 Å². The van der Waals surface area contributed by atoms with Gasteiger partial charge in [-0.15, -0.1) is 0 Å². The molecule has 4 fully saturated rings. The topological polar surface area (TPSA) is 37.3 Å². The summed E-state index contributed by atoms with van der Waals surface area (Å²) >= 11 is 0. The van der Waals surface area contributed by atoms with Crippen molar-refractivity contribution in [2.45, 2.75) is 52.9 Å². The number of hydrogen-bond acceptors (Lipinski definition) is 1. The van der Waals surface area contributed by atoms with Crippen molar-refractivity contribution in [3.8, 4) is 0 Å². The molecular formula is C15H24O2. The second-order valence-electron chi connectivity index (χ2n) is 7.91. The quantitative estimate of drug-likeness (QED) is 0.756. The van der Waals surface area contributed by atoms with E-state index in [1.807, 2.05) is 0 Å². The first-order valence-corrected chi connectivity index (χ1v) is 7.06. The Kier molecular flexibility index (Phi) is 2.22. The summed E-state index contributed by atoms with van der Waals surface area (Å²) in [4.78, 5) is 11.9. The number of rotatable bonds is 1. The van der Waals surface area contributed by atoms with Crippen LogP contribution in [0.25, 0.3) is 0 Å². The Hall–Kier alpha value is -0.530. The lowest BCUT2D eigenvalue weighted by Gasteiger charge is -2.62. The Balaban J connectivity index is 2.05. The fourth-order valence-corrected chi connectivity index (χ4v) is 5.88. The maximum atomic E-state index is 11.9. The largest absolute Gasteiger partial charge is 0.481 e. The van der Waals surface area contributed by atoms with Crippen LogP contribution in [0.4, 0.5) is 0 Å². The predicted molar refractivity (Wildman–Crippen MR) is 66.6 cm³/mol. The Morgan fingerprint density at radius 2 is 1.65 bits per heavy atom. The third kappa shape index (κ3) is 1.49. The Morgan fingerprint density at radius 1 is 1.12 bits per heavy atom. The van der Waals surface area contributed by atoms with Gasteiger partial charge in [-0.3, -0.25) is 4.79 Å². The first-order valence-electron chi connectivity index (χ1n) is 7.06. The van der Waals surface area contributed by atoms with E-state index in [2.05, 4.69) is 20.8 Å². The molecule has 0 aromatic rings. The lowest BCUT2D eigenvalue weighted by molar-refractivity contribution is -0.190. The molecule has 4 bridgehead atoms. The number of carboxylic acid groups (broad SMARTS) is 1. The highest BCUT2D eigenvalue weighted by atomic mass is 16.4. The monoisotopic (exact) mass is 236 g/mol. The molecule has 0 amide bonds. The van der Waals surface area contributed by atoms with Crippen molar-refractivity contribution in [2.24, 2.45) is 34.5 Å². The summed E-state index contributed by atoms with van der Waals surface area (Å²) in [5.74, 6) is 1.98. The molecule has 0 saturated heterocycles. The van der Waals surface area contributed by atoms with Gasteiger partial charge in [0, 0.05) is 0 Å². The molecule has 0 heterocycles. The van der Waals surface area contributed by atoms with Crippen molar-refractivity contribution >= 4 is 5.97 Å². The summed E-state index contributed by atoms with van der Waals surface area (Å²) in [6, 6.07) is 0. The van der Waals surface area contributed by atoms with E-state index in [9.17, 15) is 9.90 Å². The van der Waals surface area contributed by atoms with Crippen molar-refractivity contribution in [2.75, 3.05) is 0 Å². The van der Waals surface area contributed by atoms with E-state index >= 15 is 0 Å². The van der Waals surface area contributed by atoms with Gasteiger partial charge in [-0.1, -0.05) is 20.8 Å². The standard InChI is InChI=1S/C15H24O2/c1-14(2,3)12-11-5-9-4-10(6-11)8-15(12,7-9)13(16)17/h9-12H,4-8H2,1-3H3,(H,16,17). The third-order valence-corrected chi connectivity index (χ3v) is 5.67. The second-order valence-corrected chi connectivity index (χ2v) is 7.91. The van der Waals surface area contributed by atoms with Crippen LogP contribution in [0.1, 0.15) is 52.9 Å². The Morgan fingerprint density at radius 3 is 2.06 bits per heavy atom. The van der Waals surface area contributed by atoms with Gasteiger partial charge in [0.15, 0.2) is 0 Å². The third-order valence-electron chi connectivity index (χ3n) is 5.67. The second kappa shape index (κ2) is 3.27. The molecular weight excluding hydrogens is 212 g/mol. The first kappa shape index (κ1) is 11.6. The maximum absolute atomic E-state index is 11.9. The van der Waals surface area contributed by atoms with Crippen LogP contribution in [0.3, 0.4) is 0 Å². The van der Waals surface area contributed by atoms with Gasteiger partial charge in [0.1, 0.15) is 0 Å². The van der Waals surface area contributed by atoms with E-state index in [4.69, 9.17) is 0 Å². The van der Waals surface area contributed by atoms with Crippen molar-refractivity contribution in [3.05, 3.63) is 0 Å². The summed E-state index contributed by atoms with van der Waals surface area (Å²) < 4.78 is 0. The molecule has 96 valence electrons. The number of aliphatic carboxylic acids is 1. The fourth-order valence-electron chi connectivity index (χ4n) is 5.88. The highest BCUT2D eigenvalue weighted by molar-refractivity contribution is 5.76. The van der Waals surface area contributed by atoms with Gasteiger partial charge in [-0.05, 0) is 61.2 Å². The SMILES string of the molecule is CC(C)(C)C1C2CC3CC(C2)CC1(C(=O)O)C3. The molecule has 4 rings (SSSR count). The van der Waals surface area contributed by atoms with Crippen LogP contribution in [0.5, 0.6) is 0 Å². The van der Waals surface area contributed by atoms with Gasteiger partial charge in [-0.25, -0.2) is 0 Å².